The van der Waals surface area contributed by atoms with Crippen molar-refractivity contribution in [2.45, 2.75) is 46.5 Å². The third-order valence-corrected chi connectivity index (χ3v) is 4.96. The van der Waals surface area contributed by atoms with Crippen molar-refractivity contribution in [3.63, 3.8) is 0 Å². The Morgan fingerprint density at radius 3 is 2.62 bits per heavy atom. The Bertz CT molecular complexity index is 597. The van der Waals surface area contributed by atoms with Crippen molar-refractivity contribution in [2.75, 3.05) is 11.9 Å². The van der Waals surface area contributed by atoms with Crippen LogP contribution in [-0.4, -0.2) is 21.5 Å². The Labute approximate surface area is 144 Å². The van der Waals surface area contributed by atoms with E-state index in [2.05, 4.69) is 52.1 Å². The molecule has 0 amide bonds. The van der Waals surface area contributed by atoms with Gasteiger partial charge in [-0.05, 0) is 42.4 Å². The summed E-state index contributed by atoms with van der Waals surface area (Å²) in [6, 6.07) is 0. The first-order valence-corrected chi connectivity index (χ1v) is 9.30. The van der Waals surface area contributed by atoms with E-state index in [-0.39, 0.29) is 0 Å². The number of aromatic nitrogens is 3. The van der Waals surface area contributed by atoms with Crippen LogP contribution in [0.2, 0.25) is 0 Å². The SMILES string of the molecule is CCCNc1nc(Cc2csc(C)n2)nc(CCC)c1I. The van der Waals surface area contributed by atoms with E-state index in [0.29, 0.717) is 6.42 Å². The lowest BCUT2D eigenvalue weighted by Gasteiger charge is -2.12. The standard InChI is InChI=1S/C15H21IN4S/c1-4-6-12-14(16)15(17-7-5-2)20-13(19-12)8-11-9-21-10(3)18-11/h9H,4-8H2,1-3H3,(H,17,19,20). The molecule has 0 saturated heterocycles. The van der Waals surface area contributed by atoms with Crippen molar-refractivity contribution >= 4 is 39.7 Å². The highest BCUT2D eigenvalue weighted by atomic mass is 127. The van der Waals surface area contributed by atoms with E-state index in [4.69, 9.17) is 9.97 Å². The monoisotopic (exact) mass is 416 g/mol. The largest absolute Gasteiger partial charge is 0.369 e. The van der Waals surface area contributed by atoms with E-state index in [1.165, 1.54) is 0 Å². The number of nitrogens with one attached hydrogen (secondary N) is 1. The highest BCUT2D eigenvalue weighted by Gasteiger charge is 2.12. The van der Waals surface area contributed by atoms with Crippen molar-refractivity contribution in [1.29, 1.82) is 0 Å². The van der Waals surface area contributed by atoms with Crippen LogP contribution in [0.4, 0.5) is 5.82 Å². The molecule has 0 atom stereocenters. The van der Waals surface area contributed by atoms with Gasteiger partial charge >= 0.3 is 0 Å². The van der Waals surface area contributed by atoms with Gasteiger partial charge in [0.15, 0.2) is 0 Å². The Morgan fingerprint density at radius 1 is 1.19 bits per heavy atom. The quantitative estimate of drug-likeness (QED) is 0.687. The lowest BCUT2D eigenvalue weighted by molar-refractivity contribution is 0.825. The van der Waals surface area contributed by atoms with Crippen molar-refractivity contribution in [3.05, 3.63) is 31.2 Å². The molecule has 0 aliphatic carbocycles. The molecule has 0 spiro atoms. The zero-order valence-corrected chi connectivity index (χ0v) is 15.7. The van der Waals surface area contributed by atoms with E-state index >= 15 is 0 Å². The van der Waals surface area contributed by atoms with Crippen LogP contribution in [0.1, 0.15) is 48.9 Å². The minimum Gasteiger partial charge on any atom is -0.369 e. The molecule has 0 unspecified atom stereocenters. The van der Waals surface area contributed by atoms with Crippen LogP contribution in [-0.2, 0) is 12.8 Å². The Balaban J connectivity index is 2.28. The Morgan fingerprint density at radius 2 is 2.00 bits per heavy atom. The Kier molecular flexibility index (Phi) is 6.35. The predicted octanol–water partition coefficient (Wildman–Crippen LogP) is 4.21. The summed E-state index contributed by atoms with van der Waals surface area (Å²) in [6.45, 7) is 7.31. The number of halogens is 1. The van der Waals surface area contributed by atoms with Gasteiger partial charge in [0.05, 0.1) is 26.4 Å². The first kappa shape index (κ1) is 16.6. The highest BCUT2D eigenvalue weighted by molar-refractivity contribution is 14.1. The van der Waals surface area contributed by atoms with Crippen molar-refractivity contribution in [3.8, 4) is 0 Å². The third-order valence-electron chi connectivity index (χ3n) is 3.00. The van der Waals surface area contributed by atoms with Crippen LogP contribution < -0.4 is 5.32 Å². The summed E-state index contributed by atoms with van der Waals surface area (Å²) in [6.07, 6.45) is 3.88. The van der Waals surface area contributed by atoms with Gasteiger partial charge in [0.25, 0.3) is 0 Å². The fraction of sp³-hybridized carbons (Fsp3) is 0.533. The summed E-state index contributed by atoms with van der Waals surface area (Å²) in [7, 11) is 0. The van der Waals surface area contributed by atoms with Crippen molar-refractivity contribution in [2.24, 2.45) is 0 Å². The molecule has 0 radical (unpaired) electrons. The summed E-state index contributed by atoms with van der Waals surface area (Å²) in [5.41, 5.74) is 2.20. The fourth-order valence-electron chi connectivity index (χ4n) is 2.04. The van der Waals surface area contributed by atoms with E-state index in [1.54, 1.807) is 11.3 Å². The van der Waals surface area contributed by atoms with Gasteiger partial charge in [-0.2, -0.15) is 0 Å². The van der Waals surface area contributed by atoms with E-state index in [0.717, 1.165) is 57.4 Å². The maximum atomic E-state index is 4.74. The highest BCUT2D eigenvalue weighted by Crippen LogP contribution is 2.22. The van der Waals surface area contributed by atoms with E-state index in [1.807, 2.05) is 6.92 Å². The van der Waals surface area contributed by atoms with Gasteiger partial charge in [-0.15, -0.1) is 11.3 Å². The number of hydrogen-bond acceptors (Lipinski definition) is 5. The van der Waals surface area contributed by atoms with Gasteiger partial charge in [-0.3, -0.25) is 0 Å². The lowest BCUT2D eigenvalue weighted by Crippen LogP contribution is -2.11. The molecule has 0 bridgehead atoms. The summed E-state index contributed by atoms with van der Waals surface area (Å²) in [4.78, 5) is 13.9. The zero-order valence-electron chi connectivity index (χ0n) is 12.7. The molecule has 0 aliphatic rings. The molecule has 2 heterocycles. The number of thiazole rings is 1. The molecule has 21 heavy (non-hydrogen) atoms. The van der Waals surface area contributed by atoms with Crippen molar-refractivity contribution in [1.82, 2.24) is 15.0 Å². The lowest BCUT2D eigenvalue weighted by atomic mass is 10.2. The summed E-state index contributed by atoms with van der Waals surface area (Å²) >= 11 is 4.03. The zero-order chi connectivity index (χ0) is 15.2. The molecule has 0 aromatic carbocycles. The molecule has 0 aliphatic heterocycles. The molecule has 2 aromatic rings. The summed E-state index contributed by atoms with van der Waals surface area (Å²) in [5, 5.41) is 6.60. The second-order valence-corrected chi connectivity index (χ2v) is 7.10. The van der Waals surface area contributed by atoms with Gasteiger partial charge < -0.3 is 5.32 Å². The number of aryl methyl sites for hydroxylation is 2. The summed E-state index contributed by atoms with van der Waals surface area (Å²) in [5.74, 6) is 1.83. The molecule has 1 N–H and O–H groups in total. The molecular weight excluding hydrogens is 395 g/mol. The first-order valence-electron chi connectivity index (χ1n) is 7.34. The second-order valence-electron chi connectivity index (χ2n) is 4.96. The van der Waals surface area contributed by atoms with Gasteiger partial charge in [-0.25, -0.2) is 15.0 Å². The molecule has 114 valence electrons. The van der Waals surface area contributed by atoms with Gasteiger partial charge in [0.1, 0.15) is 11.6 Å². The first-order chi connectivity index (χ1) is 10.1. The molecular formula is C15H21IN4S. The van der Waals surface area contributed by atoms with E-state index < -0.39 is 0 Å². The predicted molar refractivity (Wildman–Crippen MR) is 97.2 cm³/mol. The van der Waals surface area contributed by atoms with Gasteiger partial charge in [-0.1, -0.05) is 20.3 Å². The van der Waals surface area contributed by atoms with Crippen LogP contribution in [0.15, 0.2) is 5.38 Å². The fourth-order valence-corrected chi connectivity index (χ4v) is 3.35. The Hall–Kier alpha value is -0.760. The average Bonchev–Trinajstić information content (AvgIpc) is 2.86. The third kappa shape index (κ3) is 4.60. The second kappa shape index (κ2) is 8.03. The smallest absolute Gasteiger partial charge is 0.143 e. The number of anilines is 1. The molecule has 2 rings (SSSR count). The molecule has 0 fully saturated rings. The van der Waals surface area contributed by atoms with Crippen LogP contribution >= 0.6 is 33.9 Å². The summed E-state index contributed by atoms with van der Waals surface area (Å²) < 4.78 is 1.15. The topological polar surface area (TPSA) is 50.7 Å². The van der Waals surface area contributed by atoms with Crippen molar-refractivity contribution < 1.29 is 0 Å². The number of hydrogen-bond donors (Lipinski definition) is 1. The maximum Gasteiger partial charge on any atom is 0.143 e. The van der Waals surface area contributed by atoms with E-state index in [9.17, 15) is 0 Å². The molecule has 4 nitrogen and oxygen atoms in total. The number of rotatable bonds is 7. The maximum absolute atomic E-state index is 4.74. The molecule has 0 saturated carbocycles. The van der Waals surface area contributed by atoms with Gasteiger partial charge in [0, 0.05) is 11.9 Å². The average molecular weight is 416 g/mol. The minimum atomic E-state index is 0.707. The van der Waals surface area contributed by atoms with Gasteiger partial charge in [0.2, 0.25) is 0 Å². The van der Waals surface area contributed by atoms with Crippen LogP contribution in [0.5, 0.6) is 0 Å². The molecule has 2 aromatic heterocycles. The minimum absolute atomic E-state index is 0.707. The molecule has 6 heteroatoms. The van der Waals surface area contributed by atoms with Crippen LogP contribution in [0.25, 0.3) is 0 Å². The number of nitrogens with zero attached hydrogens (tertiary/aromatic N) is 3. The normalized spacial score (nSPS) is 10.9. The van der Waals surface area contributed by atoms with Crippen LogP contribution in [0.3, 0.4) is 0 Å². The van der Waals surface area contributed by atoms with Crippen LogP contribution in [0, 0.1) is 10.5 Å².